The summed E-state index contributed by atoms with van der Waals surface area (Å²) >= 11 is 0. The van der Waals surface area contributed by atoms with E-state index in [1.807, 2.05) is 32.0 Å². The van der Waals surface area contributed by atoms with Gasteiger partial charge in [-0.25, -0.2) is 0 Å². The molecule has 20 heavy (non-hydrogen) atoms. The molecule has 3 heteroatoms. The first kappa shape index (κ1) is 16.5. The number of rotatable bonds is 7. The second-order valence-corrected chi connectivity index (χ2v) is 5.73. The van der Waals surface area contributed by atoms with Gasteiger partial charge in [0, 0.05) is 6.54 Å². The molecule has 0 aromatic heterocycles. The Balaban J connectivity index is 2.57. The van der Waals surface area contributed by atoms with E-state index in [0.717, 1.165) is 12.2 Å². The molecule has 1 N–H and O–H groups in total. The summed E-state index contributed by atoms with van der Waals surface area (Å²) in [6, 6.07) is 5.93. The van der Waals surface area contributed by atoms with Crippen LogP contribution in [0, 0.1) is 19.8 Å². The first-order valence-corrected chi connectivity index (χ1v) is 7.45. The third-order valence-corrected chi connectivity index (χ3v) is 3.44. The average molecular weight is 277 g/mol. The molecule has 0 aliphatic heterocycles. The molecule has 0 heterocycles. The van der Waals surface area contributed by atoms with Crippen LogP contribution in [-0.4, -0.2) is 18.6 Å². The number of amides is 1. The SMILES string of the molecule is CCC(Oc1ccc(C)c(C)c1)C(=O)NCCC(C)C. The third-order valence-electron chi connectivity index (χ3n) is 3.44. The normalized spacial score (nSPS) is 12.3. The zero-order chi connectivity index (χ0) is 15.1. The second-order valence-electron chi connectivity index (χ2n) is 5.73. The van der Waals surface area contributed by atoms with E-state index in [0.29, 0.717) is 18.9 Å². The summed E-state index contributed by atoms with van der Waals surface area (Å²) in [7, 11) is 0. The van der Waals surface area contributed by atoms with Crippen molar-refractivity contribution in [3.8, 4) is 5.75 Å². The lowest BCUT2D eigenvalue weighted by molar-refractivity contribution is -0.128. The van der Waals surface area contributed by atoms with Crippen molar-refractivity contribution >= 4 is 5.91 Å². The van der Waals surface area contributed by atoms with Crippen LogP contribution >= 0.6 is 0 Å². The maximum atomic E-state index is 12.1. The zero-order valence-corrected chi connectivity index (χ0v) is 13.3. The third kappa shape index (κ3) is 5.24. The molecule has 112 valence electrons. The molecule has 0 aliphatic rings. The van der Waals surface area contributed by atoms with E-state index in [2.05, 4.69) is 26.1 Å². The van der Waals surface area contributed by atoms with Crippen LogP contribution in [-0.2, 0) is 4.79 Å². The van der Waals surface area contributed by atoms with Gasteiger partial charge < -0.3 is 10.1 Å². The number of nitrogens with one attached hydrogen (secondary N) is 1. The van der Waals surface area contributed by atoms with Crippen LogP contribution in [0.15, 0.2) is 18.2 Å². The molecule has 0 radical (unpaired) electrons. The fraction of sp³-hybridized carbons (Fsp3) is 0.588. The van der Waals surface area contributed by atoms with Crippen LogP contribution < -0.4 is 10.1 Å². The summed E-state index contributed by atoms with van der Waals surface area (Å²) in [5.41, 5.74) is 2.41. The van der Waals surface area contributed by atoms with Crippen molar-refractivity contribution in [2.45, 2.75) is 53.6 Å². The highest BCUT2D eigenvalue weighted by Crippen LogP contribution is 2.18. The Morgan fingerprint density at radius 1 is 1.25 bits per heavy atom. The van der Waals surface area contributed by atoms with Gasteiger partial charge in [-0.15, -0.1) is 0 Å². The van der Waals surface area contributed by atoms with Crippen LogP contribution in [0.3, 0.4) is 0 Å². The predicted molar refractivity (Wildman–Crippen MR) is 83.1 cm³/mol. The van der Waals surface area contributed by atoms with Crippen LogP contribution in [0.2, 0.25) is 0 Å². The molecule has 1 atom stereocenters. The maximum absolute atomic E-state index is 12.1. The fourth-order valence-corrected chi connectivity index (χ4v) is 1.87. The van der Waals surface area contributed by atoms with Crippen LogP contribution in [0.5, 0.6) is 5.75 Å². The van der Waals surface area contributed by atoms with E-state index in [1.165, 1.54) is 11.1 Å². The van der Waals surface area contributed by atoms with Crippen LogP contribution in [0.4, 0.5) is 0 Å². The molecule has 1 aromatic rings. The summed E-state index contributed by atoms with van der Waals surface area (Å²) in [6.07, 6.45) is 1.25. The molecule has 0 aliphatic carbocycles. The van der Waals surface area contributed by atoms with E-state index in [-0.39, 0.29) is 5.91 Å². The summed E-state index contributed by atoms with van der Waals surface area (Å²) < 4.78 is 5.81. The molecule has 0 bridgehead atoms. The quantitative estimate of drug-likeness (QED) is 0.826. The smallest absolute Gasteiger partial charge is 0.261 e. The van der Waals surface area contributed by atoms with Crippen molar-refractivity contribution in [1.82, 2.24) is 5.32 Å². The van der Waals surface area contributed by atoms with E-state index < -0.39 is 6.10 Å². The topological polar surface area (TPSA) is 38.3 Å². The lowest BCUT2D eigenvalue weighted by Gasteiger charge is -2.18. The molecular formula is C17H27NO2. The maximum Gasteiger partial charge on any atom is 0.261 e. The number of hydrogen-bond acceptors (Lipinski definition) is 2. The zero-order valence-electron chi connectivity index (χ0n) is 13.3. The molecule has 1 aromatic carbocycles. The van der Waals surface area contributed by atoms with Crippen LogP contribution in [0.1, 0.15) is 44.7 Å². The summed E-state index contributed by atoms with van der Waals surface area (Å²) in [4.78, 5) is 12.1. The highest BCUT2D eigenvalue weighted by molar-refractivity contribution is 5.81. The molecule has 3 nitrogen and oxygen atoms in total. The lowest BCUT2D eigenvalue weighted by Crippen LogP contribution is -2.38. The molecule has 1 rings (SSSR count). The molecule has 0 saturated heterocycles. The average Bonchev–Trinajstić information content (AvgIpc) is 2.39. The number of hydrogen-bond donors (Lipinski definition) is 1. The fourth-order valence-electron chi connectivity index (χ4n) is 1.87. The first-order valence-electron chi connectivity index (χ1n) is 7.45. The van der Waals surface area contributed by atoms with Crippen molar-refractivity contribution in [2.75, 3.05) is 6.54 Å². The van der Waals surface area contributed by atoms with E-state index in [9.17, 15) is 4.79 Å². The second kappa shape index (κ2) is 7.93. The van der Waals surface area contributed by atoms with E-state index >= 15 is 0 Å². The lowest BCUT2D eigenvalue weighted by atomic mass is 10.1. The Morgan fingerprint density at radius 3 is 2.50 bits per heavy atom. The van der Waals surface area contributed by atoms with Crippen LogP contribution in [0.25, 0.3) is 0 Å². The van der Waals surface area contributed by atoms with Crippen molar-refractivity contribution in [1.29, 1.82) is 0 Å². The van der Waals surface area contributed by atoms with Crippen molar-refractivity contribution < 1.29 is 9.53 Å². The highest BCUT2D eigenvalue weighted by Gasteiger charge is 2.18. The van der Waals surface area contributed by atoms with Gasteiger partial charge in [0.15, 0.2) is 6.10 Å². The van der Waals surface area contributed by atoms with Gasteiger partial charge in [0.25, 0.3) is 5.91 Å². The molecule has 1 amide bonds. The molecule has 0 saturated carbocycles. The Kier molecular flexibility index (Phi) is 6.56. The Bertz CT molecular complexity index is 441. The largest absolute Gasteiger partial charge is 0.481 e. The Morgan fingerprint density at radius 2 is 1.95 bits per heavy atom. The van der Waals surface area contributed by atoms with Gasteiger partial charge in [-0.05, 0) is 55.9 Å². The standard InChI is InChI=1S/C17H27NO2/c1-6-16(17(19)18-10-9-12(2)3)20-15-8-7-13(4)14(5)11-15/h7-8,11-12,16H,6,9-10H2,1-5H3,(H,18,19). The minimum atomic E-state index is -0.413. The van der Waals surface area contributed by atoms with Gasteiger partial charge in [-0.3, -0.25) is 4.79 Å². The first-order chi connectivity index (χ1) is 9.43. The van der Waals surface area contributed by atoms with Crippen molar-refractivity contribution in [3.05, 3.63) is 29.3 Å². The highest BCUT2D eigenvalue weighted by atomic mass is 16.5. The predicted octanol–water partition coefficient (Wildman–Crippen LogP) is 3.62. The van der Waals surface area contributed by atoms with Crippen molar-refractivity contribution in [2.24, 2.45) is 5.92 Å². The summed E-state index contributed by atoms with van der Waals surface area (Å²) in [5, 5.41) is 2.95. The Hall–Kier alpha value is -1.51. The molecular weight excluding hydrogens is 250 g/mol. The molecule has 1 unspecified atom stereocenters. The molecule has 0 fully saturated rings. The molecule has 0 spiro atoms. The van der Waals surface area contributed by atoms with Gasteiger partial charge in [0.05, 0.1) is 0 Å². The monoisotopic (exact) mass is 277 g/mol. The summed E-state index contributed by atoms with van der Waals surface area (Å²) in [5.74, 6) is 1.33. The number of aryl methyl sites for hydroxylation is 2. The number of ether oxygens (including phenoxy) is 1. The summed E-state index contributed by atoms with van der Waals surface area (Å²) in [6.45, 7) is 11.1. The van der Waals surface area contributed by atoms with Gasteiger partial charge >= 0.3 is 0 Å². The minimum absolute atomic E-state index is 0.0219. The van der Waals surface area contributed by atoms with Gasteiger partial charge in [0.1, 0.15) is 5.75 Å². The van der Waals surface area contributed by atoms with Crippen molar-refractivity contribution in [3.63, 3.8) is 0 Å². The van der Waals surface area contributed by atoms with Gasteiger partial charge in [-0.2, -0.15) is 0 Å². The van der Waals surface area contributed by atoms with Gasteiger partial charge in [-0.1, -0.05) is 26.8 Å². The number of carbonyl (C=O) groups excluding carboxylic acids is 1. The van der Waals surface area contributed by atoms with E-state index in [4.69, 9.17) is 4.74 Å². The Labute approximate surface area is 122 Å². The number of benzene rings is 1. The number of carbonyl (C=O) groups is 1. The minimum Gasteiger partial charge on any atom is -0.481 e. The van der Waals surface area contributed by atoms with Gasteiger partial charge in [0.2, 0.25) is 0 Å². The van der Waals surface area contributed by atoms with E-state index in [1.54, 1.807) is 0 Å².